The smallest absolute Gasteiger partial charge is 0.154 e. The minimum atomic E-state index is -0.300. The van der Waals surface area contributed by atoms with E-state index in [1.165, 1.54) is 11.3 Å². The van der Waals surface area contributed by atoms with Crippen LogP contribution < -0.4 is 16.4 Å². The third kappa shape index (κ3) is 4.95. The van der Waals surface area contributed by atoms with Crippen molar-refractivity contribution in [2.45, 2.75) is 0 Å². The molecule has 3 aromatic rings. The lowest BCUT2D eigenvalue weighted by atomic mass is 10.00. The summed E-state index contributed by atoms with van der Waals surface area (Å²) in [6.07, 6.45) is 0.844. The average molecular weight is 383 g/mol. The van der Waals surface area contributed by atoms with E-state index in [4.69, 9.17) is 5.73 Å². The molecular formula is C21H22FN3OS. The van der Waals surface area contributed by atoms with E-state index in [-0.39, 0.29) is 5.82 Å². The van der Waals surface area contributed by atoms with Crippen LogP contribution in [0.25, 0.3) is 16.8 Å². The van der Waals surface area contributed by atoms with Gasteiger partial charge in [-0.2, -0.15) is 11.3 Å². The molecule has 1 heterocycles. The van der Waals surface area contributed by atoms with Gasteiger partial charge in [0, 0.05) is 47.6 Å². The molecule has 0 aliphatic heterocycles. The first-order chi connectivity index (χ1) is 13.0. The number of rotatable bonds is 5. The predicted molar refractivity (Wildman–Crippen MR) is 114 cm³/mol. The van der Waals surface area contributed by atoms with Crippen LogP contribution in [0.1, 0.15) is 15.9 Å². The van der Waals surface area contributed by atoms with E-state index >= 15 is 0 Å². The number of nitrogens with two attached hydrogens (primary N) is 1. The van der Waals surface area contributed by atoms with Gasteiger partial charge in [-0.3, -0.25) is 4.79 Å². The first-order valence-corrected chi connectivity index (χ1v) is 9.16. The number of nitrogens with one attached hydrogen (secondary N) is 2. The van der Waals surface area contributed by atoms with Gasteiger partial charge in [-0.15, -0.1) is 0 Å². The Kier molecular flexibility index (Phi) is 7.14. The quantitative estimate of drug-likeness (QED) is 0.434. The SMILES string of the molecule is C=C(NC)c1ccc(-c2ccc(N)cc2)c(F)c1NC.O=Cc1ccsc1. The summed E-state index contributed by atoms with van der Waals surface area (Å²) in [6.45, 7) is 3.87. The van der Waals surface area contributed by atoms with Crippen LogP contribution in [-0.2, 0) is 0 Å². The van der Waals surface area contributed by atoms with Crippen molar-refractivity contribution >= 4 is 34.7 Å². The Balaban J connectivity index is 0.000000313. The monoisotopic (exact) mass is 383 g/mol. The molecule has 0 bridgehead atoms. The second kappa shape index (κ2) is 9.54. The molecule has 4 N–H and O–H groups in total. The molecule has 1 aromatic heterocycles. The Bertz CT molecular complexity index is 906. The maximum Gasteiger partial charge on any atom is 0.154 e. The molecule has 2 aromatic carbocycles. The number of hydrogen-bond acceptors (Lipinski definition) is 5. The van der Waals surface area contributed by atoms with Crippen LogP contribution in [-0.4, -0.2) is 20.4 Å². The molecule has 4 nitrogen and oxygen atoms in total. The van der Waals surface area contributed by atoms with Crippen LogP contribution in [0.5, 0.6) is 0 Å². The van der Waals surface area contributed by atoms with Gasteiger partial charge in [-0.05, 0) is 29.1 Å². The maximum absolute atomic E-state index is 14.7. The van der Waals surface area contributed by atoms with Gasteiger partial charge in [0.25, 0.3) is 0 Å². The Morgan fingerprint density at radius 1 is 1.15 bits per heavy atom. The molecule has 0 atom stereocenters. The Morgan fingerprint density at radius 3 is 2.33 bits per heavy atom. The van der Waals surface area contributed by atoms with Crippen molar-refractivity contribution in [1.29, 1.82) is 0 Å². The summed E-state index contributed by atoms with van der Waals surface area (Å²) in [4.78, 5) is 9.87. The summed E-state index contributed by atoms with van der Waals surface area (Å²) in [5.41, 5.74) is 10.2. The first kappa shape index (κ1) is 20.2. The lowest BCUT2D eigenvalue weighted by molar-refractivity contribution is 0.112. The van der Waals surface area contributed by atoms with Crippen LogP contribution in [0, 0.1) is 5.82 Å². The topological polar surface area (TPSA) is 67.2 Å². The van der Waals surface area contributed by atoms with Gasteiger partial charge in [0.05, 0.1) is 5.69 Å². The molecule has 0 spiro atoms. The van der Waals surface area contributed by atoms with E-state index in [2.05, 4.69) is 17.2 Å². The van der Waals surface area contributed by atoms with Crippen molar-refractivity contribution in [3.05, 3.63) is 76.7 Å². The van der Waals surface area contributed by atoms with Crippen LogP contribution in [0.4, 0.5) is 15.8 Å². The number of anilines is 2. The lowest BCUT2D eigenvalue weighted by Gasteiger charge is -2.15. The summed E-state index contributed by atoms with van der Waals surface area (Å²) < 4.78 is 14.7. The fraction of sp³-hybridized carbons (Fsp3) is 0.0952. The molecule has 0 fully saturated rings. The highest BCUT2D eigenvalue weighted by Crippen LogP contribution is 2.32. The summed E-state index contributed by atoms with van der Waals surface area (Å²) in [6, 6.07) is 12.5. The molecule has 0 radical (unpaired) electrons. The number of benzene rings is 2. The van der Waals surface area contributed by atoms with Gasteiger partial charge >= 0.3 is 0 Å². The minimum absolute atomic E-state index is 0.300. The van der Waals surface area contributed by atoms with Gasteiger partial charge in [-0.1, -0.05) is 30.8 Å². The largest absolute Gasteiger partial charge is 0.399 e. The van der Waals surface area contributed by atoms with Gasteiger partial charge in [0.2, 0.25) is 0 Å². The van der Waals surface area contributed by atoms with Crippen LogP contribution in [0.2, 0.25) is 0 Å². The Labute approximate surface area is 162 Å². The number of thiophene rings is 1. The van der Waals surface area contributed by atoms with E-state index in [1.807, 2.05) is 16.8 Å². The number of carbonyl (C=O) groups excluding carboxylic acids is 1. The standard InChI is InChI=1S/C16H18FN3.C5H4OS/c1-10(19-2)13-8-9-14(15(17)16(13)20-3)11-4-6-12(18)7-5-11;6-3-5-1-2-7-4-5/h4-9,19-20H,1,18H2,2-3H3;1-4H. The number of aldehydes is 1. The highest BCUT2D eigenvalue weighted by molar-refractivity contribution is 7.08. The van der Waals surface area contributed by atoms with Gasteiger partial charge in [0.1, 0.15) is 0 Å². The van der Waals surface area contributed by atoms with Gasteiger partial charge < -0.3 is 16.4 Å². The second-order valence-corrected chi connectivity index (χ2v) is 6.40. The molecule has 0 aliphatic carbocycles. The molecule has 140 valence electrons. The highest BCUT2D eigenvalue weighted by Gasteiger charge is 2.15. The lowest BCUT2D eigenvalue weighted by Crippen LogP contribution is -2.07. The van der Waals surface area contributed by atoms with E-state index in [9.17, 15) is 9.18 Å². The normalized spacial score (nSPS) is 9.74. The average Bonchev–Trinajstić information content (AvgIpc) is 3.22. The fourth-order valence-electron chi connectivity index (χ4n) is 2.43. The maximum atomic E-state index is 14.7. The minimum Gasteiger partial charge on any atom is -0.399 e. The third-order valence-electron chi connectivity index (χ3n) is 3.92. The number of halogens is 1. The zero-order valence-electron chi connectivity index (χ0n) is 15.3. The number of hydrogen-bond donors (Lipinski definition) is 3. The summed E-state index contributed by atoms with van der Waals surface area (Å²) in [7, 11) is 3.45. The fourth-order valence-corrected chi connectivity index (χ4v) is 3.04. The van der Waals surface area contributed by atoms with E-state index < -0.39 is 0 Å². The van der Waals surface area contributed by atoms with E-state index in [0.29, 0.717) is 28.2 Å². The third-order valence-corrected chi connectivity index (χ3v) is 4.62. The summed E-state index contributed by atoms with van der Waals surface area (Å²) >= 11 is 1.53. The van der Waals surface area contributed by atoms with Crippen molar-refractivity contribution in [2.75, 3.05) is 25.1 Å². The molecule has 0 unspecified atom stereocenters. The molecule has 27 heavy (non-hydrogen) atoms. The molecule has 0 aliphatic rings. The van der Waals surface area contributed by atoms with E-state index in [1.54, 1.807) is 50.5 Å². The van der Waals surface area contributed by atoms with Gasteiger partial charge in [0.15, 0.2) is 12.1 Å². The molecule has 3 rings (SSSR count). The molecule has 0 saturated carbocycles. The van der Waals surface area contributed by atoms with Crippen molar-refractivity contribution in [3.8, 4) is 11.1 Å². The van der Waals surface area contributed by atoms with Crippen LogP contribution in [0.15, 0.2) is 59.8 Å². The second-order valence-electron chi connectivity index (χ2n) is 5.62. The predicted octanol–water partition coefficient (Wildman–Crippen LogP) is 4.87. The first-order valence-electron chi connectivity index (χ1n) is 8.22. The summed E-state index contributed by atoms with van der Waals surface area (Å²) in [5, 5.41) is 9.52. The Hall–Kier alpha value is -3.12. The molecule has 0 saturated heterocycles. The molecule has 0 amide bonds. The number of carbonyl (C=O) groups is 1. The Morgan fingerprint density at radius 2 is 1.85 bits per heavy atom. The molecule has 6 heteroatoms. The number of nitrogen functional groups attached to an aromatic ring is 1. The van der Waals surface area contributed by atoms with Crippen molar-refractivity contribution in [2.24, 2.45) is 0 Å². The van der Waals surface area contributed by atoms with Crippen molar-refractivity contribution in [1.82, 2.24) is 5.32 Å². The summed E-state index contributed by atoms with van der Waals surface area (Å²) in [5.74, 6) is -0.300. The van der Waals surface area contributed by atoms with Crippen LogP contribution in [0.3, 0.4) is 0 Å². The zero-order valence-corrected chi connectivity index (χ0v) is 16.1. The van der Waals surface area contributed by atoms with Gasteiger partial charge in [-0.25, -0.2) is 4.39 Å². The van der Waals surface area contributed by atoms with E-state index in [0.717, 1.165) is 17.4 Å². The highest BCUT2D eigenvalue weighted by atomic mass is 32.1. The van der Waals surface area contributed by atoms with Crippen LogP contribution >= 0.6 is 11.3 Å². The molecular weight excluding hydrogens is 361 g/mol. The zero-order chi connectivity index (χ0) is 19.8. The van der Waals surface area contributed by atoms with Crippen molar-refractivity contribution < 1.29 is 9.18 Å². The van der Waals surface area contributed by atoms with Crippen molar-refractivity contribution in [3.63, 3.8) is 0 Å².